The van der Waals surface area contributed by atoms with Gasteiger partial charge in [-0.15, -0.1) is 0 Å². The van der Waals surface area contributed by atoms with E-state index < -0.39 is 0 Å². The van der Waals surface area contributed by atoms with Crippen LogP contribution in [0.3, 0.4) is 0 Å². The summed E-state index contributed by atoms with van der Waals surface area (Å²) in [5.41, 5.74) is 32.6. The lowest BCUT2D eigenvalue weighted by Gasteiger charge is -2.47. The number of benzene rings is 13. The van der Waals surface area contributed by atoms with E-state index >= 15 is 0 Å². The van der Waals surface area contributed by atoms with Crippen LogP contribution < -0.4 is 26.2 Å². The van der Waals surface area contributed by atoms with Gasteiger partial charge in [0.2, 0.25) is 0 Å². The maximum absolute atomic E-state index is 2.73. The molecule has 3 heterocycles. The molecule has 14 aromatic rings. The number of rotatable bonds is 9. The van der Waals surface area contributed by atoms with Crippen molar-refractivity contribution in [3.63, 3.8) is 0 Å². The summed E-state index contributed by atoms with van der Waals surface area (Å²) in [6.07, 6.45) is 0. The number of para-hydroxylation sites is 2. The topological polar surface area (TPSA) is 11.4 Å². The van der Waals surface area contributed by atoms with Crippen molar-refractivity contribution in [2.24, 2.45) is 0 Å². The third-order valence-electron chi connectivity index (χ3n) is 20.7. The third-order valence-corrected chi connectivity index (χ3v) is 20.7. The Bertz CT molecular complexity index is 4940. The minimum Gasteiger partial charge on any atom is -0.310 e. The van der Waals surface area contributed by atoms with E-state index in [1.54, 1.807) is 0 Å². The fourth-order valence-corrected chi connectivity index (χ4v) is 15.8. The van der Waals surface area contributed by atoms with Crippen molar-refractivity contribution < 1.29 is 0 Å². The molecule has 13 aromatic carbocycles. The van der Waals surface area contributed by atoms with Crippen molar-refractivity contribution in [1.82, 2.24) is 4.57 Å². The summed E-state index contributed by atoms with van der Waals surface area (Å²) >= 11 is 0. The maximum atomic E-state index is 2.73. The van der Waals surface area contributed by atoms with E-state index in [0.29, 0.717) is 0 Å². The summed E-state index contributed by atoms with van der Waals surface area (Å²) in [7, 11) is 0. The molecule has 4 heteroatoms. The first-order valence-corrected chi connectivity index (χ1v) is 35.0. The van der Waals surface area contributed by atoms with Gasteiger partial charge in [0.25, 0.3) is 6.71 Å². The molecule has 0 saturated carbocycles. The second-order valence-electron chi connectivity index (χ2n) is 31.3. The molecule has 0 N–H and O–H groups in total. The summed E-state index contributed by atoms with van der Waals surface area (Å²) in [5, 5.41) is 2.50. The standard InChI is InChI=1S/C94H84BN3/c1-91(2,3)67-49-51-82-76(53-67)77-54-68(92(4,5)6)50-52-83(77)96(82)69-55-86-88-87(56-69)98(90-72(63-37-23-15-24-38-63)47-32-48-73(90)64-39-25-16-26-40-64)85-60-79(94(10,11)12)75(66-43-29-18-30-44-66)58-81(85)95(88)80-57-74(65-41-27-17-28-42-65)78(93(7,8)9)59-84(80)97(86)89-70(61-33-19-13-20-34-61)45-31-46-71(89)62-35-21-14-22-36-62/h13-60H,1-12H3. The van der Waals surface area contributed by atoms with Gasteiger partial charge in [-0.1, -0.05) is 326 Å². The normalized spacial score (nSPS) is 13.0. The number of hydrogen-bond acceptors (Lipinski definition) is 2. The first-order valence-electron chi connectivity index (χ1n) is 35.0. The van der Waals surface area contributed by atoms with E-state index in [1.807, 2.05) is 0 Å². The molecule has 3 nitrogen and oxygen atoms in total. The molecular formula is C94H84BN3. The van der Waals surface area contributed by atoms with Crippen LogP contribution in [0.4, 0.5) is 34.1 Å². The van der Waals surface area contributed by atoms with Gasteiger partial charge in [-0.25, -0.2) is 0 Å². The van der Waals surface area contributed by atoms with Crippen LogP contribution in [0.5, 0.6) is 0 Å². The molecule has 0 aliphatic carbocycles. The molecule has 0 bridgehead atoms. The Morgan fingerprint density at radius 2 is 0.551 bits per heavy atom. The summed E-state index contributed by atoms with van der Waals surface area (Å²) in [4.78, 5) is 5.47. The fraction of sp³-hybridized carbons (Fsp3) is 0.170. The molecule has 1 aromatic heterocycles. The van der Waals surface area contributed by atoms with Crippen LogP contribution in [0.25, 0.3) is 94.3 Å². The van der Waals surface area contributed by atoms with Crippen molar-refractivity contribution in [2.45, 2.75) is 105 Å². The van der Waals surface area contributed by atoms with Crippen molar-refractivity contribution in [3.05, 3.63) is 313 Å². The number of nitrogens with zero attached hydrogens (tertiary/aromatic N) is 3. The zero-order valence-corrected chi connectivity index (χ0v) is 58.6. The van der Waals surface area contributed by atoms with Gasteiger partial charge >= 0.3 is 0 Å². The molecule has 98 heavy (non-hydrogen) atoms. The lowest BCUT2D eigenvalue weighted by Crippen LogP contribution is -2.61. The maximum Gasteiger partial charge on any atom is 0.252 e. The van der Waals surface area contributed by atoms with Crippen molar-refractivity contribution >= 4 is 79.0 Å². The predicted octanol–water partition coefficient (Wildman–Crippen LogP) is 24.1. The van der Waals surface area contributed by atoms with E-state index in [-0.39, 0.29) is 28.4 Å². The summed E-state index contributed by atoms with van der Waals surface area (Å²) < 4.78 is 2.61. The monoisotopic (exact) mass is 1270 g/mol. The Balaban J connectivity index is 1.17. The Hall–Kier alpha value is -10.7. The number of aromatic nitrogens is 1. The molecule has 2 aliphatic rings. The van der Waals surface area contributed by atoms with E-state index in [2.05, 4.69) is 389 Å². The number of hydrogen-bond donors (Lipinski definition) is 0. The van der Waals surface area contributed by atoms with Crippen LogP contribution in [-0.4, -0.2) is 11.3 Å². The van der Waals surface area contributed by atoms with Crippen molar-refractivity contribution in [1.29, 1.82) is 0 Å². The zero-order valence-electron chi connectivity index (χ0n) is 58.6. The van der Waals surface area contributed by atoms with Gasteiger partial charge in [-0.05, 0) is 153 Å². The van der Waals surface area contributed by atoms with Gasteiger partial charge in [0.15, 0.2) is 0 Å². The first-order chi connectivity index (χ1) is 47.2. The summed E-state index contributed by atoms with van der Waals surface area (Å²) in [5.74, 6) is 0. The first kappa shape index (κ1) is 62.2. The minimum atomic E-state index is -0.278. The quantitative estimate of drug-likeness (QED) is 0.133. The van der Waals surface area contributed by atoms with Gasteiger partial charge < -0.3 is 14.4 Å². The van der Waals surface area contributed by atoms with E-state index in [1.165, 1.54) is 82.7 Å². The molecule has 0 atom stereocenters. The molecule has 0 fully saturated rings. The number of anilines is 6. The van der Waals surface area contributed by atoms with Crippen LogP contribution in [0.15, 0.2) is 291 Å². The highest BCUT2D eigenvalue weighted by molar-refractivity contribution is 7.00. The fourth-order valence-electron chi connectivity index (χ4n) is 15.8. The third kappa shape index (κ3) is 10.6. The molecule has 16 rings (SSSR count). The molecule has 2 aliphatic heterocycles. The van der Waals surface area contributed by atoms with E-state index in [0.717, 1.165) is 84.3 Å². The van der Waals surface area contributed by atoms with Crippen LogP contribution in [-0.2, 0) is 21.7 Å². The van der Waals surface area contributed by atoms with Crippen LogP contribution in [0, 0.1) is 0 Å². The molecule has 0 amide bonds. The van der Waals surface area contributed by atoms with E-state index in [4.69, 9.17) is 0 Å². The largest absolute Gasteiger partial charge is 0.310 e. The average molecular weight is 1270 g/mol. The lowest BCUT2D eigenvalue weighted by molar-refractivity contribution is 0.590. The molecule has 0 spiro atoms. The Morgan fingerprint density at radius 1 is 0.255 bits per heavy atom. The van der Waals surface area contributed by atoms with E-state index in [9.17, 15) is 0 Å². The van der Waals surface area contributed by atoms with Crippen molar-refractivity contribution in [3.8, 4) is 72.4 Å². The smallest absolute Gasteiger partial charge is 0.252 e. The van der Waals surface area contributed by atoms with Gasteiger partial charge in [-0.3, -0.25) is 0 Å². The molecular weight excluding hydrogens is 1180 g/mol. The van der Waals surface area contributed by atoms with Gasteiger partial charge in [-0.2, -0.15) is 0 Å². The molecule has 0 saturated heterocycles. The van der Waals surface area contributed by atoms with Gasteiger partial charge in [0.1, 0.15) is 0 Å². The van der Waals surface area contributed by atoms with Crippen LogP contribution >= 0.6 is 0 Å². The highest BCUT2D eigenvalue weighted by Crippen LogP contribution is 2.56. The Morgan fingerprint density at radius 3 is 0.837 bits per heavy atom. The van der Waals surface area contributed by atoms with Crippen LogP contribution in [0.2, 0.25) is 0 Å². The lowest BCUT2D eigenvalue weighted by atomic mass is 9.33. The highest BCUT2D eigenvalue weighted by atomic mass is 15.2. The summed E-state index contributed by atoms with van der Waals surface area (Å²) in [6, 6.07) is 111. The second-order valence-corrected chi connectivity index (χ2v) is 31.3. The highest BCUT2D eigenvalue weighted by Gasteiger charge is 2.47. The second kappa shape index (κ2) is 23.6. The van der Waals surface area contributed by atoms with Crippen LogP contribution in [0.1, 0.15) is 105 Å². The average Bonchev–Trinajstić information content (AvgIpc) is 0.758. The zero-order chi connectivity index (χ0) is 67.6. The minimum absolute atomic E-state index is 0.0825. The SMILES string of the molecule is CC(C)(C)c1ccc2c(c1)c1cc(C(C)(C)C)ccc1n2-c1cc2c3c(c1)N(c1c(-c4ccccc4)cccc1-c1ccccc1)c1cc(C(C)(C)C)c(-c4ccccc4)cc1B3c1cc(-c3ccccc3)c(C(C)(C)C)cc1N2c1c(-c2ccccc2)cccc1-c1ccccc1. The predicted molar refractivity (Wildman–Crippen MR) is 422 cm³/mol. The molecule has 0 unspecified atom stereocenters. The molecule has 0 radical (unpaired) electrons. The summed E-state index contributed by atoms with van der Waals surface area (Å²) in [6.45, 7) is 28.1. The molecule has 478 valence electrons. The Labute approximate surface area is 580 Å². The van der Waals surface area contributed by atoms with Gasteiger partial charge in [0.05, 0.1) is 28.1 Å². The van der Waals surface area contributed by atoms with Gasteiger partial charge in [0, 0.05) is 55.8 Å². The van der Waals surface area contributed by atoms with Crippen molar-refractivity contribution in [2.75, 3.05) is 9.80 Å². The number of fused-ring (bicyclic) bond motifs is 7. The Kier molecular flexibility index (Phi) is 14.9.